The van der Waals surface area contributed by atoms with Crippen LogP contribution in [0, 0.1) is 0 Å². The Hall–Kier alpha value is -2.60. The molecule has 2 aromatic rings. The Morgan fingerprint density at radius 2 is 2.00 bits per heavy atom. The molecule has 3 heterocycles. The van der Waals surface area contributed by atoms with Gasteiger partial charge in [0.2, 0.25) is 0 Å². The number of likely N-dealkylation sites (N-methyl/N-ethyl adjacent to an activating group) is 2. The lowest BCUT2D eigenvalue weighted by molar-refractivity contribution is 0.242. The van der Waals surface area contributed by atoms with Crippen molar-refractivity contribution >= 4 is 23.2 Å². The van der Waals surface area contributed by atoms with E-state index in [4.69, 9.17) is 4.99 Å². The standard InChI is InChI=1S/C21H25N5S/c1-4-25-14-18-20(26(5-2)15-25)23-19(24(18)3)11-8-16-6-9-17(10-7-16)21-22-12-13-27-21/h6-14,19H,4-5,15H2,1-3H3/b11-8+. The molecule has 0 amide bonds. The predicted molar refractivity (Wildman–Crippen MR) is 113 cm³/mol. The van der Waals surface area contributed by atoms with Gasteiger partial charge in [0, 0.05) is 43.5 Å². The summed E-state index contributed by atoms with van der Waals surface area (Å²) in [5.41, 5.74) is 3.55. The number of hydrogen-bond donors (Lipinski definition) is 0. The maximum Gasteiger partial charge on any atom is 0.152 e. The fraction of sp³-hybridized carbons (Fsp3) is 0.333. The van der Waals surface area contributed by atoms with Crippen LogP contribution in [-0.4, -0.2) is 58.5 Å². The van der Waals surface area contributed by atoms with Crippen LogP contribution >= 0.6 is 11.3 Å². The van der Waals surface area contributed by atoms with E-state index in [1.807, 2.05) is 11.6 Å². The lowest BCUT2D eigenvalue weighted by atomic mass is 10.1. The summed E-state index contributed by atoms with van der Waals surface area (Å²) in [6.07, 6.45) is 8.45. The van der Waals surface area contributed by atoms with E-state index in [9.17, 15) is 0 Å². The van der Waals surface area contributed by atoms with Gasteiger partial charge in [-0.2, -0.15) is 0 Å². The third-order valence-corrected chi connectivity index (χ3v) is 5.88. The number of aliphatic imine (C=N–C) groups is 1. The Morgan fingerprint density at radius 1 is 1.19 bits per heavy atom. The van der Waals surface area contributed by atoms with Crippen molar-refractivity contribution < 1.29 is 0 Å². The maximum atomic E-state index is 4.96. The minimum atomic E-state index is 0.0377. The van der Waals surface area contributed by atoms with E-state index in [0.717, 1.165) is 36.2 Å². The van der Waals surface area contributed by atoms with Gasteiger partial charge in [-0.3, -0.25) is 0 Å². The van der Waals surface area contributed by atoms with Gasteiger partial charge in [0.15, 0.2) is 5.84 Å². The van der Waals surface area contributed by atoms with Crippen molar-refractivity contribution in [3.05, 3.63) is 59.4 Å². The second-order valence-electron chi connectivity index (χ2n) is 6.71. The number of nitrogens with zero attached hydrogens (tertiary/aromatic N) is 5. The average Bonchev–Trinajstić information content (AvgIpc) is 3.35. The van der Waals surface area contributed by atoms with Crippen molar-refractivity contribution in [1.82, 2.24) is 19.7 Å². The Morgan fingerprint density at radius 3 is 2.67 bits per heavy atom. The molecule has 0 radical (unpaired) electrons. The fourth-order valence-electron chi connectivity index (χ4n) is 3.38. The van der Waals surface area contributed by atoms with Crippen molar-refractivity contribution in [2.75, 3.05) is 26.8 Å². The normalized spacial score (nSPS) is 19.5. The molecule has 0 fully saturated rings. The molecular weight excluding hydrogens is 354 g/mol. The van der Waals surface area contributed by atoms with Crippen LogP contribution in [0.5, 0.6) is 0 Å². The van der Waals surface area contributed by atoms with Crippen LogP contribution < -0.4 is 0 Å². The van der Waals surface area contributed by atoms with Gasteiger partial charge in [0.1, 0.15) is 11.2 Å². The number of hydrogen-bond acceptors (Lipinski definition) is 6. The van der Waals surface area contributed by atoms with Crippen LogP contribution in [0.15, 0.2) is 58.8 Å². The highest BCUT2D eigenvalue weighted by molar-refractivity contribution is 7.13. The van der Waals surface area contributed by atoms with Crippen LogP contribution in [0.2, 0.25) is 0 Å². The number of aromatic nitrogens is 1. The molecule has 1 aromatic heterocycles. The fourth-order valence-corrected chi connectivity index (χ4v) is 4.03. The summed E-state index contributed by atoms with van der Waals surface area (Å²) in [4.78, 5) is 16.3. The molecule has 140 valence electrons. The molecule has 0 bridgehead atoms. The van der Waals surface area contributed by atoms with Gasteiger partial charge in [-0.05, 0) is 25.5 Å². The number of amidine groups is 1. The van der Waals surface area contributed by atoms with E-state index >= 15 is 0 Å². The van der Waals surface area contributed by atoms with Crippen LogP contribution in [0.3, 0.4) is 0 Å². The molecule has 0 spiro atoms. The number of thiazole rings is 1. The van der Waals surface area contributed by atoms with E-state index < -0.39 is 0 Å². The van der Waals surface area contributed by atoms with Gasteiger partial charge in [0.25, 0.3) is 0 Å². The third kappa shape index (κ3) is 3.49. The molecular formula is C21H25N5S. The molecule has 0 aliphatic carbocycles. The van der Waals surface area contributed by atoms with Gasteiger partial charge in [0.05, 0.1) is 12.4 Å². The maximum absolute atomic E-state index is 4.96. The van der Waals surface area contributed by atoms with E-state index in [-0.39, 0.29) is 6.17 Å². The lowest BCUT2D eigenvalue weighted by Crippen LogP contribution is -2.45. The van der Waals surface area contributed by atoms with Crippen LogP contribution in [-0.2, 0) is 0 Å². The van der Waals surface area contributed by atoms with Crippen LogP contribution in [0.25, 0.3) is 16.6 Å². The predicted octanol–water partition coefficient (Wildman–Crippen LogP) is 3.95. The zero-order chi connectivity index (χ0) is 18.8. The van der Waals surface area contributed by atoms with Crippen LogP contribution in [0.1, 0.15) is 19.4 Å². The van der Waals surface area contributed by atoms with Crippen molar-refractivity contribution in [2.24, 2.45) is 4.99 Å². The van der Waals surface area contributed by atoms with Gasteiger partial charge < -0.3 is 14.7 Å². The SMILES string of the molecule is CCN1C=C2C(=NC(/C=C/c3ccc(-c4nccs4)cc3)N2C)N(CC)C1. The van der Waals surface area contributed by atoms with Gasteiger partial charge in [-0.1, -0.05) is 30.3 Å². The molecule has 6 heteroatoms. The smallest absolute Gasteiger partial charge is 0.152 e. The van der Waals surface area contributed by atoms with Gasteiger partial charge >= 0.3 is 0 Å². The highest BCUT2D eigenvalue weighted by Gasteiger charge is 2.33. The van der Waals surface area contributed by atoms with Crippen molar-refractivity contribution in [3.63, 3.8) is 0 Å². The summed E-state index contributed by atoms with van der Waals surface area (Å²) < 4.78 is 0. The quantitative estimate of drug-likeness (QED) is 0.788. The largest absolute Gasteiger partial charge is 0.358 e. The number of rotatable bonds is 5. The summed E-state index contributed by atoms with van der Waals surface area (Å²) in [5, 5.41) is 3.06. The summed E-state index contributed by atoms with van der Waals surface area (Å²) in [6, 6.07) is 8.53. The summed E-state index contributed by atoms with van der Waals surface area (Å²) in [5.74, 6) is 1.11. The second kappa shape index (κ2) is 7.56. The van der Waals surface area contributed by atoms with Gasteiger partial charge in [-0.25, -0.2) is 9.98 Å². The zero-order valence-corrected chi connectivity index (χ0v) is 16.9. The molecule has 1 unspecified atom stereocenters. The molecule has 2 aliphatic rings. The first kappa shape index (κ1) is 17.8. The van der Waals surface area contributed by atoms with E-state index in [0.29, 0.717) is 0 Å². The van der Waals surface area contributed by atoms with E-state index in [2.05, 4.69) is 83.2 Å². The average molecular weight is 380 g/mol. The lowest BCUT2D eigenvalue weighted by Gasteiger charge is -2.36. The second-order valence-corrected chi connectivity index (χ2v) is 7.61. The molecule has 0 N–H and O–H groups in total. The minimum absolute atomic E-state index is 0.0377. The van der Waals surface area contributed by atoms with Crippen molar-refractivity contribution in [3.8, 4) is 10.6 Å². The first-order valence-corrected chi connectivity index (χ1v) is 10.3. The summed E-state index contributed by atoms with van der Waals surface area (Å²) in [7, 11) is 2.12. The molecule has 0 saturated carbocycles. The van der Waals surface area contributed by atoms with Crippen LogP contribution in [0.4, 0.5) is 0 Å². The molecule has 5 nitrogen and oxygen atoms in total. The molecule has 2 aliphatic heterocycles. The highest BCUT2D eigenvalue weighted by atomic mass is 32.1. The van der Waals surface area contributed by atoms with Crippen molar-refractivity contribution in [1.29, 1.82) is 0 Å². The Labute approximate surface area is 165 Å². The van der Waals surface area contributed by atoms with E-state index in [1.165, 1.54) is 11.3 Å². The molecule has 0 saturated heterocycles. The third-order valence-electron chi connectivity index (χ3n) is 5.06. The first-order valence-electron chi connectivity index (χ1n) is 9.39. The summed E-state index contributed by atoms with van der Waals surface area (Å²) >= 11 is 1.66. The first-order chi connectivity index (χ1) is 13.2. The topological polar surface area (TPSA) is 35.0 Å². The molecule has 1 aromatic carbocycles. The van der Waals surface area contributed by atoms with Gasteiger partial charge in [-0.15, -0.1) is 11.3 Å². The Kier molecular flexibility index (Phi) is 4.99. The number of benzene rings is 1. The van der Waals surface area contributed by atoms with Crippen molar-refractivity contribution in [2.45, 2.75) is 20.0 Å². The summed E-state index contributed by atoms with van der Waals surface area (Å²) in [6.45, 7) is 7.27. The highest BCUT2D eigenvalue weighted by Crippen LogP contribution is 2.27. The molecule has 27 heavy (non-hydrogen) atoms. The Bertz CT molecular complexity index is 866. The zero-order valence-electron chi connectivity index (χ0n) is 16.0. The monoisotopic (exact) mass is 379 g/mol. The molecule has 4 rings (SSSR count). The number of fused-ring (bicyclic) bond motifs is 1. The molecule has 1 atom stereocenters. The minimum Gasteiger partial charge on any atom is -0.358 e. The Balaban J connectivity index is 1.52. The van der Waals surface area contributed by atoms with E-state index in [1.54, 1.807) is 11.3 Å².